The Balaban J connectivity index is 2.65. The second kappa shape index (κ2) is 3.73. The van der Waals surface area contributed by atoms with Gasteiger partial charge in [-0.25, -0.2) is 5.14 Å². The van der Waals surface area contributed by atoms with Gasteiger partial charge in [0.05, 0.1) is 0 Å². The van der Waals surface area contributed by atoms with Crippen molar-refractivity contribution in [2.45, 2.75) is 6.54 Å². The number of nitrogens with two attached hydrogens (primary N) is 2. The minimum absolute atomic E-state index is 0.157. The molecule has 0 fully saturated rings. The molecule has 0 aliphatic rings. The van der Waals surface area contributed by atoms with Gasteiger partial charge in [0.1, 0.15) is 0 Å². The summed E-state index contributed by atoms with van der Waals surface area (Å²) in [7, 11) is -3.63. The van der Waals surface area contributed by atoms with Crippen LogP contribution >= 0.6 is 0 Å². The van der Waals surface area contributed by atoms with E-state index in [2.05, 4.69) is 4.72 Å². The van der Waals surface area contributed by atoms with E-state index in [0.717, 1.165) is 5.56 Å². The number of rotatable bonds is 3. The molecule has 0 aliphatic carbocycles. The van der Waals surface area contributed by atoms with Gasteiger partial charge in [-0.3, -0.25) is 0 Å². The second-order valence-electron chi connectivity index (χ2n) is 2.61. The molecule has 72 valence electrons. The van der Waals surface area contributed by atoms with E-state index >= 15 is 0 Å². The van der Waals surface area contributed by atoms with E-state index in [0.29, 0.717) is 5.69 Å². The molecule has 0 aromatic heterocycles. The fraction of sp³-hybridized carbons (Fsp3) is 0.143. The van der Waals surface area contributed by atoms with Crippen molar-refractivity contribution in [1.29, 1.82) is 0 Å². The maximum Gasteiger partial charge on any atom is 0.274 e. The van der Waals surface area contributed by atoms with Crippen LogP contribution in [0.5, 0.6) is 0 Å². The van der Waals surface area contributed by atoms with E-state index in [4.69, 9.17) is 10.9 Å². The minimum atomic E-state index is -3.63. The Kier molecular flexibility index (Phi) is 2.86. The lowest BCUT2D eigenvalue weighted by Crippen LogP contribution is -2.30. The maximum atomic E-state index is 10.5. The Hall–Kier alpha value is -1.11. The molecule has 0 atom stereocenters. The largest absolute Gasteiger partial charge is 0.399 e. The highest BCUT2D eigenvalue weighted by Gasteiger charge is 2.00. The van der Waals surface area contributed by atoms with Crippen LogP contribution in [0.3, 0.4) is 0 Å². The predicted octanol–water partition coefficient (Wildman–Crippen LogP) is -0.438. The number of nitrogen functional groups attached to an aromatic ring is 1. The Morgan fingerprint density at radius 3 is 2.62 bits per heavy atom. The molecule has 0 amide bonds. The summed E-state index contributed by atoms with van der Waals surface area (Å²) in [6, 6.07) is 6.91. The molecule has 13 heavy (non-hydrogen) atoms. The van der Waals surface area contributed by atoms with Crippen LogP contribution in [0.1, 0.15) is 5.56 Å². The summed E-state index contributed by atoms with van der Waals surface area (Å²) in [5.74, 6) is 0. The van der Waals surface area contributed by atoms with Gasteiger partial charge in [-0.2, -0.15) is 13.1 Å². The fourth-order valence-corrected chi connectivity index (χ4v) is 1.25. The van der Waals surface area contributed by atoms with Gasteiger partial charge in [0.25, 0.3) is 10.2 Å². The van der Waals surface area contributed by atoms with Crippen molar-refractivity contribution < 1.29 is 8.42 Å². The minimum Gasteiger partial charge on any atom is -0.399 e. The molecule has 5 nitrogen and oxygen atoms in total. The van der Waals surface area contributed by atoms with Crippen LogP contribution in [-0.4, -0.2) is 8.42 Å². The number of hydrogen-bond acceptors (Lipinski definition) is 3. The third kappa shape index (κ3) is 3.88. The molecule has 0 saturated heterocycles. The van der Waals surface area contributed by atoms with Crippen LogP contribution in [0.2, 0.25) is 0 Å². The summed E-state index contributed by atoms with van der Waals surface area (Å²) in [6.45, 7) is 0.157. The van der Waals surface area contributed by atoms with Gasteiger partial charge in [-0.1, -0.05) is 12.1 Å². The zero-order valence-corrected chi connectivity index (χ0v) is 7.71. The molecule has 0 spiro atoms. The first-order valence-electron chi connectivity index (χ1n) is 3.59. The van der Waals surface area contributed by atoms with E-state index in [1.165, 1.54) is 0 Å². The molecule has 5 N–H and O–H groups in total. The van der Waals surface area contributed by atoms with Crippen molar-refractivity contribution in [1.82, 2.24) is 4.72 Å². The smallest absolute Gasteiger partial charge is 0.274 e. The lowest BCUT2D eigenvalue weighted by molar-refractivity contribution is 0.583. The average molecular weight is 201 g/mol. The number of anilines is 1. The highest BCUT2D eigenvalue weighted by atomic mass is 32.2. The van der Waals surface area contributed by atoms with E-state index in [1.54, 1.807) is 24.3 Å². The molecule has 1 aromatic carbocycles. The summed E-state index contributed by atoms with van der Waals surface area (Å²) in [5, 5.41) is 4.75. The molecule has 6 heteroatoms. The van der Waals surface area contributed by atoms with Crippen molar-refractivity contribution in [2.75, 3.05) is 5.73 Å². The summed E-state index contributed by atoms with van der Waals surface area (Å²) >= 11 is 0. The first kappa shape index (κ1) is 9.97. The van der Waals surface area contributed by atoms with E-state index < -0.39 is 10.2 Å². The molecular formula is C7H11N3O2S. The molecule has 0 aliphatic heterocycles. The molecule has 0 saturated carbocycles. The number of hydrogen-bond donors (Lipinski definition) is 3. The quantitative estimate of drug-likeness (QED) is 0.578. The summed E-state index contributed by atoms with van der Waals surface area (Å²) in [5.41, 5.74) is 6.85. The molecule has 0 unspecified atom stereocenters. The monoisotopic (exact) mass is 201 g/mol. The highest BCUT2D eigenvalue weighted by molar-refractivity contribution is 7.87. The average Bonchev–Trinajstić information content (AvgIpc) is 2.00. The second-order valence-corrected chi connectivity index (χ2v) is 3.99. The molecule has 0 radical (unpaired) electrons. The first-order chi connectivity index (χ1) is 5.97. The van der Waals surface area contributed by atoms with Gasteiger partial charge in [0.15, 0.2) is 0 Å². The van der Waals surface area contributed by atoms with Crippen LogP contribution in [0.15, 0.2) is 24.3 Å². The van der Waals surface area contributed by atoms with Crippen molar-refractivity contribution in [3.05, 3.63) is 29.8 Å². The van der Waals surface area contributed by atoms with E-state index in [-0.39, 0.29) is 6.54 Å². The van der Waals surface area contributed by atoms with E-state index in [9.17, 15) is 8.42 Å². The summed E-state index contributed by atoms with van der Waals surface area (Å²) in [4.78, 5) is 0. The van der Waals surface area contributed by atoms with Gasteiger partial charge in [-0.15, -0.1) is 0 Å². The topological polar surface area (TPSA) is 98.2 Å². The number of nitrogens with one attached hydrogen (secondary N) is 1. The Morgan fingerprint density at radius 1 is 1.38 bits per heavy atom. The molecule has 1 aromatic rings. The Morgan fingerprint density at radius 2 is 2.08 bits per heavy atom. The van der Waals surface area contributed by atoms with Crippen LogP contribution < -0.4 is 15.6 Å². The third-order valence-electron chi connectivity index (χ3n) is 1.43. The highest BCUT2D eigenvalue weighted by Crippen LogP contribution is 2.05. The lowest BCUT2D eigenvalue weighted by atomic mass is 10.2. The van der Waals surface area contributed by atoms with Gasteiger partial charge < -0.3 is 5.73 Å². The lowest BCUT2D eigenvalue weighted by Gasteiger charge is -2.02. The fourth-order valence-electron chi connectivity index (χ4n) is 0.887. The van der Waals surface area contributed by atoms with Gasteiger partial charge >= 0.3 is 0 Å². The molecular weight excluding hydrogens is 190 g/mol. The predicted molar refractivity (Wildman–Crippen MR) is 50.8 cm³/mol. The van der Waals surface area contributed by atoms with Crippen LogP contribution in [0, 0.1) is 0 Å². The van der Waals surface area contributed by atoms with Crippen LogP contribution in [0.25, 0.3) is 0 Å². The van der Waals surface area contributed by atoms with Crippen molar-refractivity contribution in [3.63, 3.8) is 0 Å². The van der Waals surface area contributed by atoms with Gasteiger partial charge in [0.2, 0.25) is 0 Å². The molecule has 1 rings (SSSR count). The van der Waals surface area contributed by atoms with Gasteiger partial charge in [-0.05, 0) is 17.7 Å². The normalized spacial score (nSPS) is 11.5. The van der Waals surface area contributed by atoms with Crippen molar-refractivity contribution >= 4 is 15.9 Å². The van der Waals surface area contributed by atoms with Crippen LogP contribution in [-0.2, 0) is 16.8 Å². The Bertz CT molecular complexity index is 388. The van der Waals surface area contributed by atoms with Crippen molar-refractivity contribution in [3.8, 4) is 0 Å². The molecule has 0 heterocycles. The maximum absolute atomic E-state index is 10.5. The third-order valence-corrected chi connectivity index (χ3v) is 1.98. The summed E-state index contributed by atoms with van der Waals surface area (Å²) in [6.07, 6.45) is 0. The Labute approximate surface area is 76.9 Å². The zero-order chi connectivity index (χ0) is 9.90. The molecule has 0 bridgehead atoms. The van der Waals surface area contributed by atoms with E-state index in [1.807, 2.05) is 0 Å². The summed E-state index contributed by atoms with van der Waals surface area (Å²) < 4.78 is 23.2. The first-order valence-corrected chi connectivity index (χ1v) is 5.14. The van der Waals surface area contributed by atoms with Crippen LogP contribution in [0.4, 0.5) is 5.69 Å². The van der Waals surface area contributed by atoms with Gasteiger partial charge in [0, 0.05) is 12.2 Å². The SMILES string of the molecule is Nc1cccc(CNS(N)(=O)=O)c1. The van der Waals surface area contributed by atoms with Crippen molar-refractivity contribution in [2.24, 2.45) is 5.14 Å². The standard InChI is InChI=1S/C7H11N3O2S/c8-7-3-1-2-6(4-7)5-10-13(9,11)12/h1-4,10H,5,8H2,(H2,9,11,12). The number of benzene rings is 1. The zero-order valence-electron chi connectivity index (χ0n) is 6.90.